The van der Waals surface area contributed by atoms with E-state index in [1.807, 2.05) is 42.5 Å². The number of methoxy groups -OCH3 is 2. The largest absolute Gasteiger partial charge is 0.497 e. The molecule has 6 heteroatoms. The second-order valence-electron chi connectivity index (χ2n) is 7.61. The third-order valence-corrected chi connectivity index (χ3v) is 5.32. The van der Waals surface area contributed by atoms with Gasteiger partial charge < -0.3 is 19.7 Å². The second kappa shape index (κ2) is 11.7. The number of ether oxygens (including phenoxy) is 2. The molecule has 3 rings (SSSR count). The van der Waals surface area contributed by atoms with Crippen molar-refractivity contribution >= 4 is 23.2 Å². The number of hydrogen-bond donors (Lipinski definition) is 1. The summed E-state index contributed by atoms with van der Waals surface area (Å²) in [4.78, 5) is 28.2. The Kier molecular flexibility index (Phi) is 8.47. The van der Waals surface area contributed by atoms with Crippen LogP contribution in [0.2, 0.25) is 0 Å². The number of benzene rings is 3. The second-order valence-corrected chi connectivity index (χ2v) is 7.61. The highest BCUT2D eigenvalue weighted by molar-refractivity contribution is 6.11. The minimum Gasteiger partial charge on any atom is -0.497 e. The molecule has 0 bridgehead atoms. The fourth-order valence-corrected chi connectivity index (χ4v) is 3.54. The van der Waals surface area contributed by atoms with Gasteiger partial charge in [0.15, 0.2) is 0 Å². The number of anilines is 2. The van der Waals surface area contributed by atoms with Crippen LogP contribution in [0.15, 0.2) is 72.8 Å². The number of amides is 2. The van der Waals surface area contributed by atoms with Crippen molar-refractivity contribution < 1.29 is 19.1 Å². The van der Waals surface area contributed by atoms with Gasteiger partial charge in [0.25, 0.3) is 5.91 Å². The van der Waals surface area contributed by atoms with Crippen molar-refractivity contribution in [2.45, 2.75) is 32.7 Å². The van der Waals surface area contributed by atoms with E-state index in [4.69, 9.17) is 9.47 Å². The molecule has 0 radical (unpaired) electrons. The molecule has 1 N–H and O–H groups in total. The van der Waals surface area contributed by atoms with Crippen molar-refractivity contribution in [3.63, 3.8) is 0 Å². The summed E-state index contributed by atoms with van der Waals surface area (Å²) >= 11 is 0. The van der Waals surface area contributed by atoms with Crippen LogP contribution in [0, 0.1) is 0 Å². The zero-order valence-electron chi connectivity index (χ0n) is 19.3. The average Bonchev–Trinajstić information content (AvgIpc) is 2.86. The Bertz CT molecular complexity index is 1080. The van der Waals surface area contributed by atoms with Gasteiger partial charge in [0.2, 0.25) is 5.91 Å². The maximum atomic E-state index is 13.4. The van der Waals surface area contributed by atoms with E-state index in [1.165, 1.54) is 0 Å². The van der Waals surface area contributed by atoms with Crippen LogP contribution in [0.5, 0.6) is 11.5 Å². The Hall–Kier alpha value is -3.80. The molecule has 3 aromatic rings. The Morgan fingerprint density at radius 2 is 1.64 bits per heavy atom. The lowest BCUT2D eigenvalue weighted by Gasteiger charge is -2.25. The maximum absolute atomic E-state index is 13.4. The molecule has 0 aromatic heterocycles. The van der Waals surface area contributed by atoms with Crippen molar-refractivity contribution in [1.29, 1.82) is 0 Å². The van der Waals surface area contributed by atoms with Gasteiger partial charge in [-0.1, -0.05) is 55.8 Å². The normalized spacial score (nSPS) is 10.4. The SMILES string of the molecule is CCCCC(=O)N(Cc1ccccc1)c1ccccc1C(=O)Nc1cc(OC)ccc1OC. The van der Waals surface area contributed by atoms with E-state index in [-0.39, 0.29) is 11.8 Å². The van der Waals surface area contributed by atoms with Crippen molar-refractivity contribution in [2.75, 3.05) is 24.4 Å². The Labute approximate surface area is 195 Å². The summed E-state index contributed by atoms with van der Waals surface area (Å²) < 4.78 is 10.7. The van der Waals surface area contributed by atoms with E-state index in [2.05, 4.69) is 12.2 Å². The number of unbranched alkanes of at least 4 members (excludes halogenated alkanes) is 1. The summed E-state index contributed by atoms with van der Waals surface area (Å²) in [7, 11) is 3.10. The molecule has 2 amide bonds. The number of rotatable bonds is 10. The molecule has 0 aliphatic carbocycles. The molecule has 0 saturated carbocycles. The summed E-state index contributed by atoms with van der Waals surface area (Å²) in [6, 6.07) is 22.1. The molecule has 0 unspecified atom stereocenters. The summed E-state index contributed by atoms with van der Waals surface area (Å²) in [5.41, 5.74) is 2.46. The third kappa shape index (κ3) is 6.13. The van der Waals surface area contributed by atoms with Crippen molar-refractivity contribution in [2.24, 2.45) is 0 Å². The van der Waals surface area contributed by atoms with Crippen molar-refractivity contribution in [3.8, 4) is 11.5 Å². The zero-order chi connectivity index (χ0) is 23.6. The summed E-state index contributed by atoms with van der Waals surface area (Å²) in [6.45, 7) is 2.44. The van der Waals surface area contributed by atoms with E-state index >= 15 is 0 Å². The minimum absolute atomic E-state index is 0.0140. The topological polar surface area (TPSA) is 67.9 Å². The Morgan fingerprint density at radius 3 is 2.33 bits per heavy atom. The van der Waals surface area contributed by atoms with Gasteiger partial charge in [-0.25, -0.2) is 0 Å². The summed E-state index contributed by atoms with van der Waals surface area (Å²) in [5, 5.41) is 2.91. The molecule has 33 heavy (non-hydrogen) atoms. The molecular weight excluding hydrogens is 416 g/mol. The quantitative estimate of drug-likeness (QED) is 0.435. The first-order chi connectivity index (χ1) is 16.1. The molecule has 6 nitrogen and oxygen atoms in total. The number of para-hydroxylation sites is 1. The number of carbonyl (C=O) groups is 2. The fourth-order valence-electron chi connectivity index (χ4n) is 3.54. The van der Waals surface area contributed by atoms with Gasteiger partial charge in [-0.3, -0.25) is 9.59 Å². The summed E-state index contributed by atoms with van der Waals surface area (Å²) in [6.07, 6.45) is 2.13. The lowest BCUT2D eigenvalue weighted by Crippen LogP contribution is -2.32. The van der Waals surface area contributed by atoms with E-state index < -0.39 is 0 Å². The van der Waals surface area contributed by atoms with Crippen LogP contribution in [0.1, 0.15) is 42.1 Å². The van der Waals surface area contributed by atoms with Crippen LogP contribution in [0.3, 0.4) is 0 Å². The molecular formula is C27H30N2O4. The number of nitrogens with zero attached hydrogens (tertiary/aromatic N) is 1. The van der Waals surface area contributed by atoms with Gasteiger partial charge in [-0.15, -0.1) is 0 Å². The van der Waals surface area contributed by atoms with Crippen LogP contribution in [0.4, 0.5) is 11.4 Å². The van der Waals surface area contributed by atoms with E-state index in [0.717, 1.165) is 18.4 Å². The summed E-state index contributed by atoms with van der Waals surface area (Å²) in [5.74, 6) is 0.764. The number of carbonyl (C=O) groups excluding carboxylic acids is 2. The Balaban J connectivity index is 1.96. The van der Waals surface area contributed by atoms with Crippen LogP contribution >= 0.6 is 0 Å². The molecule has 0 atom stereocenters. The average molecular weight is 447 g/mol. The lowest BCUT2D eigenvalue weighted by molar-refractivity contribution is -0.118. The van der Waals surface area contributed by atoms with Gasteiger partial charge in [0.1, 0.15) is 11.5 Å². The van der Waals surface area contributed by atoms with Crippen molar-refractivity contribution in [3.05, 3.63) is 83.9 Å². The van der Waals surface area contributed by atoms with Crippen LogP contribution < -0.4 is 19.7 Å². The molecule has 172 valence electrons. The van der Waals surface area contributed by atoms with Gasteiger partial charge in [0.05, 0.1) is 37.7 Å². The van der Waals surface area contributed by atoms with Crippen LogP contribution in [-0.2, 0) is 11.3 Å². The minimum atomic E-state index is -0.335. The van der Waals surface area contributed by atoms with Crippen molar-refractivity contribution in [1.82, 2.24) is 0 Å². The highest BCUT2D eigenvalue weighted by Gasteiger charge is 2.22. The predicted molar refractivity (Wildman–Crippen MR) is 131 cm³/mol. The highest BCUT2D eigenvalue weighted by Crippen LogP contribution is 2.31. The van der Waals surface area contributed by atoms with E-state index in [9.17, 15) is 9.59 Å². The monoisotopic (exact) mass is 446 g/mol. The lowest BCUT2D eigenvalue weighted by atomic mass is 10.1. The molecule has 0 saturated heterocycles. The molecule has 0 heterocycles. The Morgan fingerprint density at radius 1 is 0.909 bits per heavy atom. The molecule has 0 aliphatic heterocycles. The third-order valence-electron chi connectivity index (χ3n) is 5.32. The van der Waals surface area contributed by atoms with Gasteiger partial charge in [-0.2, -0.15) is 0 Å². The maximum Gasteiger partial charge on any atom is 0.257 e. The zero-order valence-corrected chi connectivity index (χ0v) is 19.3. The fraction of sp³-hybridized carbons (Fsp3) is 0.259. The smallest absolute Gasteiger partial charge is 0.257 e. The first-order valence-electron chi connectivity index (χ1n) is 11.0. The first kappa shape index (κ1) is 23.9. The first-order valence-corrected chi connectivity index (χ1v) is 11.0. The van der Waals surface area contributed by atoms with Gasteiger partial charge >= 0.3 is 0 Å². The molecule has 3 aromatic carbocycles. The number of hydrogen-bond acceptors (Lipinski definition) is 4. The standard InChI is InChI=1S/C27H30N2O4/c1-4-5-15-26(30)29(19-20-11-7-6-8-12-20)24-14-10-9-13-22(24)27(31)28-23-18-21(32-2)16-17-25(23)33-3/h6-14,16-18H,4-5,15,19H2,1-3H3,(H,28,31). The molecule has 0 spiro atoms. The van der Waals surface area contributed by atoms with Gasteiger partial charge in [0, 0.05) is 12.5 Å². The van der Waals surface area contributed by atoms with Crippen LogP contribution in [-0.4, -0.2) is 26.0 Å². The molecule has 0 aliphatic rings. The van der Waals surface area contributed by atoms with Gasteiger partial charge in [-0.05, 0) is 36.2 Å². The number of nitrogens with one attached hydrogen (secondary N) is 1. The molecule has 0 fully saturated rings. The van der Waals surface area contributed by atoms with Crippen LogP contribution in [0.25, 0.3) is 0 Å². The highest BCUT2D eigenvalue weighted by atomic mass is 16.5. The predicted octanol–water partition coefficient (Wildman–Crippen LogP) is 5.68. The van der Waals surface area contributed by atoms with E-state index in [1.54, 1.807) is 49.5 Å². The van der Waals surface area contributed by atoms with E-state index in [0.29, 0.717) is 41.4 Å².